The lowest BCUT2D eigenvalue weighted by molar-refractivity contribution is 0.190. The van der Waals surface area contributed by atoms with E-state index < -0.39 is 0 Å². The number of fused-ring (bicyclic) bond motifs is 1. The van der Waals surface area contributed by atoms with Crippen molar-refractivity contribution in [2.75, 3.05) is 20.1 Å². The fraction of sp³-hybridized carbons (Fsp3) is 0.571. The molecule has 1 aliphatic heterocycles. The van der Waals surface area contributed by atoms with Gasteiger partial charge in [0.15, 0.2) is 4.96 Å². The third-order valence-electron chi connectivity index (χ3n) is 3.97. The molecule has 1 saturated heterocycles. The van der Waals surface area contributed by atoms with Crippen molar-refractivity contribution in [3.8, 4) is 0 Å². The summed E-state index contributed by atoms with van der Waals surface area (Å²) in [4.78, 5) is 19.9. The summed E-state index contributed by atoms with van der Waals surface area (Å²) < 4.78 is 1.68. The third-order valence-corrected chi connectivity index (χ3v) is 4.92. The zero-order valence-corrected chi connectivity index (χ0v) is 14.0. The topological polar surface area (TPSA) is 49.6 Å². The van der Waals surface area contributed by atoms with Crippen molar-refractivity contribution in [1.29, 1.82) is 0 Å². The molecule has 1 fully saturated rings. The smallest absolute Gasteiger partial charge is 0.259 e. The molecule has 5 nitrogen and oxygen atoms in total. The van der Waals surface area contributed by atoms with E-state index in [0.29, 0.717) is 6.04 Å². The van der Waals surface area contributed by atoms with Gasteiger partial charge in [-0.25, -0.2) is 4.98 Å². The van der Waals surface area contributed by atoms with Crippen LogP contribution in [-0.4, -0.2) is 40.5 Å². The van der Waals surface area contributed by atoms with Crippen molar-refractivity contribution in [3.05, 3.63) is 33.2 Å². The van der Waals surface area contributed by atoms with Crippen LogP contribution in [0.25, 0.3) is 4.96 Å². The minimum absolute atomic E-state index is 0. The Hall–Kier alpha value is -0.950. The molecule has 0 atom stereocenters. The molecule has 0 amide bonds. The molecule has 1 aliphatic rings. The van der Waals surface area contributed by atoms with Crippen molar-refractivity contribution in [1.82, 2.24) is 19.6 Å². The van der Waals surface area contributed by atoms with Crippen molar-refractivity contribution in [3.63, 3.8) is 0 Å². The van der Waals surface area contributed by atoms with Gasteiger partial charge in [0, 0.05) is 29.7 Å². The van der Waals surface area contributed by atoms with E-state index in [2.05, 4.69) is 22.2 Å². The number of halogens is 1. The van der Waals surface area contributed by atoms with E-state index in [1.807, 2.05) is 12.3 Å². The fourth-order valence-corrected chi connectivity index (χ4v) is 3.70. The van der Waals surface area contributed by atoms with Gasteiger partial charge in [-0.1, -0.05) is 0 Å². The molecule has 3 heterocycles. The average Bonchev–Trinajstić information content (AvgIpc) is 2.81. The molecule has 0 aliphatic carbocycles. The zero-order valence-electron chi connectivity index (χ0n) is 12.3. The summed E-state index contributed by atoms with van der Waals surface area (Å²) in [6, 6.07) is 2.26. The molecule has 21 heavy (non-hydrogen) atoms. The molecule has 2 aromatic heterocycles. The molecule has 0 aromatic carbocycles. The summed E-state index contributed by atoms with van der Waals surface area (Å²) >= 11 is 1.53. The highest BCUT2D eigenvalue weighted by Gasteiger charge is 2.18. The van der Waals surface area contributed by atoms with Crippen LogP contribution in [0.15, 0.2) is 16.2 Å². The first-order valence-corrected chi connectivity index (χ1v) is 7.91. The van der Waals surface area contributed by atoms with E-state index in [0.717, 1.165) is 48.8 Å². The molecule has 0 bridgehead atoms. The Balaban J connectivity index is 0.00000161. The SMILES string of the molecule is Cc1csc2nc(CN(C)C3CCNCC3)cc(=O)n12.Cl. The molecule has 7 heteroatoms. The largest absolute Gasteiger partial charge is 0.317 e. The van der Waals surface area contributed by atoms with Crippen LogP contribution in [0.3, 0.4) is 0 Å². The molecule has 0 unspecified atom stereocenters. The highest BCUT2D eigenvalue weighted by Crippen LogP contribution is 2.15. The molecule has 1 N–H and O–H groups in total. The normalized spacial score (nSPS) is 16.3. The number of hydrogen-bond acceptors (Lipinski definition) is 5. The number of nitrogens with one attached hydrogen (secondary N) is 1. The average molecular weight is 329 g/mol. The Labute approximate surface area is 134 Å². The Bertz CT molecular complexity index is 663. The second-order valence-electron chi connectivity index (χ2n) is 5.48. The predicted molar refractivity (Wildman–Crippen MR) is 88.7 cm³/mol. The van der Waals surface area contributed by atoms with E-state index in [1.165, 1.54) is 11.3 Å². The number of aromatic nitrogens is 2. The molecule has 116 valence electrons. The van der Waals surface area contributed by atoms with Crippen molar-refractivity contribution in [2.24, 2.45) is 0 Å². The van der Waals surface area contributed by atoms with Crippen molar-refractivity contribution >= 4 is 28.7 Å². The Morgan fingerprint density at radius 2 is 2.19 bits per heavy atom. The van der Waals surface area contributed by atoms with Gasteiger partial charge in [-0.3, -0.25) is 14.1 Å². The van der Waals surface area contributed by atoms with Gasteiger partial charge >= 0.3 is 0 Å². The quantitative estimate of drug-likeness (QED) is 0.931. The Morgan fingerprint density at radius 1 is 1.48 bits per heavy atom. The lowest BCUT2D eigenvalue weighted by Crippen LogP contribution is -2.41. The maximum absolute atomic E-state index is 12.1. The number of thiazole rings is 1. The first-order valence-electron chi connectivity index (χ1n) is 7.03. The van der Waals surface area contributed by atoms with Crippen LogP contribution >= 0.6 is 23.7 Å². The van der Waals surface area contributed by atoms with Crippen LogP contribution in [0.5, 0.6) is 0 Å². The van der Waals surface area contributed by atoms with Gasteiger partial charge in [0.1, 0.15) is 0 Å². The highest BCUT2D eigenvalue weighted by molar-refractivity contribution is 7.15. The van der Waals surface area contributed by atoms with Crippen molar-refractivity contribution < 1.29 is 0 Å². The van der Waals surface area contributed by atoms with E-state index in [1.54, 1.807) is 10.5 Å². The van der Waals surface area contributed by atoms with Gasteiger partial charge in [-0.2, -0.15) is 0 Å². The second kappa shape index (κ2) is 6.87. The monoisotopic (exact) mass is 328 g/mol. The van der Waals surface area contributed by atoms with Gasteiger partial charge in [0.05, 0.1) is 5.69 Å². The van der Waals surface area contributed by atoms with E-state index in [9.17, 15) is 4.79 Å². The summed E-state index contributed by atoms with van der Waals surface area (Å²) in [6.07, 6.45) is 2.33. The maximum Gasteiger partial charge on any atom is 0.259 e. The number of aryl methyl sites for hydroxylation is 1. The number of nitrogens with zero attached hydrogens (tertiary/aromatic N) is 3. The van der Waals surface area contributed by atoms with E-state index in [-0.39, 0.29) is 18.0 Å². The second-order valence-corrected chi connectivity index (χ2v) is 6.31. The third kappa shape index (κ3) is 3.45. The van der Waals surface area contributed by atoms with Crippen LogP contribution in [0.1, 0.15) is 24.2 Å². The molecule has 3 rings (SSSR count). The minimum Gasteiger partial charge on any atom is -0.317 e. The van der Waals surface area contributed by atoms with Gasteiger partial charge in [0.25, 0.3) is 5.56 Å². The number of rotatable bonds is 3. The van der Waals surface area contributed by atoms with Gasteiger partial charge < -0.3 is 5.32 Å². The minimum atomic E-state index is 0. The van der Waals surface area contributed by atoms with Crippen LogP contribution < -0.4 is 10.9 Å². The van der Waals surface area contributed by atoms with Crippen LogP contribution in [0, 0.1) is 6.92 Å². The van der Waals surface area contributed by atoms with Crippen LogP contribution in [0.2, 0.25) is 0 Å². The number of piperidine rings is 1. The fourth-order valence-electron chi connectivity index (χ4n) is 2.81. The molecule has 0 spiro atoms. The first-order chi connectivity index (χ1) is 9.65. The summed E-state index contributed by atoms with van der Waals surface area (Å²) in [5.41, 5.74) is 1.86. The van der Waals surface area contributed by atoms with Gasteiger partial charge in [-0.15, -0.1) is 23.7 Å². The molecular weight excluding hydrogens is 308 g/mol. The lowest BCUT2D eigenvalue weighted by Gasteiger charge is -2.31. The molecular formula is C14H21ClN4OS. The highest BCUT2D eigenvalue weighted by atomic mass is 35.5. The predicted octanol–water partition coefficient (Wildman–Crippen LogP) is 1.67. The zero-order chi connectivity index (χ0) is 14.1. The molecule has 2 aromatic rings. The lowest BCUT2D eigenvalue weighted by atomic mass is 10.1. The van der Waals surface area contributed by atoms with Crippen molar-refractivity contribution in [2.45, 2.75) is 32.4 Å². The molecule has 0 radical (unpaired) electrons. The van der Waals surface area contributed by atoms with E-state index >= 15 is 0 Å². The first kappa shape index (κ1) is 16.4. The van der Waals surface area contributed by atoms with E-state index in [4.69, 9.17) is 0 Å². The Morgan fingerprint density at radius 3 is 2.90 bits per heavy atom. The summed E-state index contributed by atoms with van der Waals surface area (Å²) in [6.45, 7) is 4.84. The van der Waals surface area contributed by atoms with Gasteiger partial charge in [-0.05, 0) is 39.9 Å². The number of hydrogen-bond donors (Lipinski definition) is 1. The summed E-state index contributed by atoms with van der Waals surface area (Å²) in [5, 5.41) is 5.35. The van der Waals surface area contributed by atoms with Crippen LogP contribution in [-0.2, 0) is 6.54 Å². The maximum atomic E-state index is 12.1. The Kier molecular flexibility index (Phi) is 5.37. The van der Waals surface area contributed by atoms with Gasteiger partial charge in [0.2, 0.25) is 0 Å². The summed E-state index contributed by atoms with van der Waals surface area (Å²) in [5.74, 6) is 0. The standard InChI is InChI=1S/C14H20N4OS.ClH/c1-10-9-20-14-16-11(7-13(19)18(10)14)8-17(2)12-3-5-15-6-4-12;/h7,9,12,15H,3-6,8H2,1-2H3;1H. The molecule has 0 saturated carbocycles. The van der Waals surface area contributed by atoms with Crippen LogP contribution in [0.4, 0.5) is 0 Å². The summed E-state index contributed by atoms with van der Waals surface area (Å²) in [7, 11) is 2.12.